The first-order valence-electron chi connectivity index (χ1n) is 9.93. The summed E-state index contributed by atoms with van der Waals surface area (Å²) in [6.45, 7) is 1.25. The van der Waals surface area contributed by atoms with Crippen LogP contribution in [0.3, 0.4) is 0 Å². The summed E-state index contributed by atoms with van der Waals surface area (Å²) in [5.41, 5.74) is 5.45. The Labute approximate surface area is 188 Å². The third-order valence-electron chi connectivity index (χ3n) is 5.71. The van der Waals surface area contributed by atoms with Crippen LogP contribution in [0, 0.1) is 0 Å². The maximum absolute atomic E-state index is 13.4. The van der Waals surface area contributed by atoms with Crippen LogP contribution in [0.4, 0.5) is 0 Å². The molecule has 0 bridgehead atoms. The minimum Gasteiger partial charge on any atom is -0.497 e. The number of methoxy groups -OCH3 is 2. The van der Waals surface area contributed by atoms with Gasteiger partial charge in [0, 0.05) is 5.92 Å². The van der Waals surface area contributed by atoms with Crippen LogP contribution in [0.5, 0.6) is 11.5 Å². The van der Waals surface area contributed by atoms with Gasteiger partial charge < -0.3 is 20.3 Å². The van der Waals surface area contributed by atoms with Crippen molar-refractivity contribution in [1.29, 1.82) is 0 Å². The standard InChI is InChI=1S/C24H28N2O5S/c1-23(25,27)24(32(26,28)29,19-7-5-4-6-8-19)22(17-9-13-20(30-2)14-10-17)18-11-15-21(31-3)16-12-18/h4-16,22,27H,25H2,1-3H3,(H2,26,28,29). The van der Waals surface area contributed by atoms with Gasteiger partial charge in [-0.2, -0.15) is 0 Å². The normalized spacial score (nSPS) is 15.6. The highest BCUT2D eigenvalue weighted by molar-refractivity contribution is 7.90. The molecule has 0 saturated heterocycles. The van der Waals surface area contributed by atoms with E-state index in [2.05, 4.69) is 0 Å². The molecule has 32 heavy (non-hydrogen) atoms. The minimum absolute atomic E-state index is 0.270. The van der Waals surface area contributed by atoms with Gasteiger partial charge in [0.25, 0.3) is 0 Å². The lowest BCUT2D eigenvalue weighted by Crippen LogP contribution is -2.65. The molecule has 7 nitrogen and oxygen atoms in total. The predicted octanol–water partition coefficient (Wildman–Crippen LogP) is 2.69. The van der Waals surface area contributed by atoms with E-state index in [-0.39, 0.29) is 5.56 Å². The molecule has 3 rings (SSSR count). The van der Waals surface area contributed by atoms with E-state index in [1.54, 1.807) is 93.1 Å². The van der Waals surface area contributed by atoms with Crippen molar-refractivity contribution in [2.75, 3.05) is 14.2 Å². The number of primary sulfonamides is 1. The Morgan fingerprint density at radius 2 is 1.22 bits per heavy atom. The van der Waals surface area contributed by atoms with Crippen molar-refractivity contribution >= 4 is 10.0 Å². The molecule has 0 fully saturated rings. The lowest BCUT2D eigenvalue weighted by molar-refractivity contribution is 0.0110. The number of rotatable bonds is 8. The number of aliphatic hydroxyl groups is 1. The third-order valence-corrected chi connectivity index (χ3v) is 7.49. The molecule has 3 aromatic rings. The van der Waals surface area contributed by atoms with Gasteiger partial charge in [-0.25, -0.2) is 13.6 Å². The third kappa shape index (κ3) is 4.10. The van der Waals surface area contributed by atoms with Crippen LogP contribution >= 0.6 is 0 Å². The Morgan fingerprint density at radius 1 is 0.812 bits per heavy atom. The molecule has 0 aliphatic carbocycles. The highest BCUT2D eigenvalue weighted by Gasteiger charge is 2.61. The average Bonchev–Trinajstić information content (AvgIpc) is 2.76. The molecule has 2 unspecified atom stereocenters. The molecule has 0 aromatic heterocycles. The summed E-state index contributed by atoms with van der Waals surface area (Å²) in [5, 5.41) is 17.2. The lowest BCUT2D eigenvalue weighted by Gasteiger charge is -2.47. The zero-order chi connectivity index (χ0) is 23.6. The largest absolute Gasteiger partial charge is 0.497 e. The van der Waals surface area contributed by atoms with Crippen LogP contribution in [-0.4, -0.2) is 33.5 Å². The van der Waals surface area contributed by atoms with Crippen LogP contribution in [0.25, 0.3) is 0 Å². The van der Waals surface area contributed by atoms with Crippen LogP contribution in [0.2, 0.25) is 0 Å². The summed E-state index contributed by atoms with van der Waals surface area (Å²) >= 11 is 0. The molecular weight excluding hydrogens is 428 g/mol. The Morgan fingerprint density at radius 3 is 1.53 bits per heavy atom. The smallest absolute Gasteiger partial charge is 0.224 e. The minimum atomic E-state index is -4.50. The van der Waals surface area contributed by atoms with E-state index in [0.29, 0.717) is 22.6 Å². The van der Waals surface area contributed by atoms with E-state index in [1.165, 1.54) is 6.92 Å². The quantitative estimate of drug-likeness (QED) is 0.448. The molecule has 0 aliphatic heterocycles. The Balaban J connectivity index is 2.45. The molecule has 170 valence electrons. The van der Waals surface area contributed by atoms with Gasteiger partial charge in [0.15, 0.2) is 4.75 Å². The van der Waals surface area contributed by atoms with Gasteiger partial charge in [0.05, 0.1) is 14.2 Å². The maximum atomic E-state index is 13.4. The van der Waals surface area contributed by atoms with E-state index in [0.717, 1.165) is 0 Å². The second-order valence-electron chi connectivity index (χ2n) is 7.77. The van der Waals surface area contributed by atoms with Crippen molar-refractivity contribution in [1.82, 2.24) is 0 Å². The number of benzene rings is 3. The fraction of sp³-hybridized carbons (Fsp3) is 0.250. The zero-order valence-electron chi connectivity index (χ0n) is 18.2. The fourth-order valence-electron chi connectivity index (χ4n) is 4.31. The SMILES string of the molecule is COc1ccc(C(c2ccc(OC)cc2)C(c2ccccc2)(C(C)(N)O)S(N)(=O)=O)cc1. The van der Waals surface area contributed by atoms with Crippen molar-refractivity contribution in [3.8, 4) is 11.5 Å². The first-order chi connectivity index (χ1) is 15.1. The molecular formula is C24H28N2O5S. The van der Waals surface area contributed by atoms with Gasteiger partial charge in [0.1, 0.15) is 17.2 Å². The molecule has 0 saturated carbocycles. The molecule has 8 heteroatoms. The molecule has 5 N–H and O–H groups in total. The highest BCUT2D eigenvalue weighted by Crippen LogP contribution is 2.51. The fourth-order valence-corrected chi connectivity index (χ4v) is 5.95. The van der Waals surface area contributed by atoms with Crippen LogP contribution in [-0.2, 0) is 14.8 Å². The summed E-state index contributed by atoms with van der Waals surface area (Å²) in [5.74, 6) is 0.238. The van der Waals surface area contributed by atoms with Gasteiger partial charge in [-0.15, -0.1) is 0 Å². The highest BCUT2D eigenvalue weighted by atomic mass is 32.2. The number of sulfonamides is 1. The predicted molar refractivity (Wildman–Crippen MR) is 124 cm³/mol. The second-order valence-corrected chi connectivity index (χ2v) is 9.51. The van der Waals surface area contributed by atoms with Gasteiger partial charge in [-0.3, -0.25) is 0 Å². The van der Waals surface area contributed by atoms with Gasteiger partial charge >= 0.3 is 0 Å². The molecule has 0 amide bonds. The number of hydrogen-bond donors (Lipinski definition) is 3. The monoisotopic (exact) mass is 456 g/mol. The number of hydrogen-bond acceptors (Lipinski definition) is 6. The summed E-state index contributed by atoms with van der Waals surface area (Å²) in [6, 6.07) is 22.1. The van der Waals surface area contributed by atoms with Crippen LogP contribution < -0.4 is 20.3 Å². The summed E-state index contributed by atoms with van der Waals surface area (Å²) in [7, 11) is -1.42. The van der Waals surface area contributed by atoms with E-state index in [4.69, 9.17) is 20.3 Å². The van der Waals surface area contributed by atoms with E-state index in [1.807, 2.05) is 0 Å². The molecule has 0 heterocycles. The van der Waals surface area contributed by atoms with Crippen LogP contribution in [0.1, 0.15) is 29.5 Å². The van der Waals surface area contributed by atoms with Crippen molar-refractivity contribution in [2.45, 2.75) is 23.3 Å². The molecule has 3 aromatic carbocycles. The van der Waals surface area contributed by atoms with Gasteiger partial charge in [-0.05, 0) is 47.9 Å². The van der Waals surface area contributed by atoms with Crippen molar-refractivity contribution in [3.63, 3.8) is 0 Å². The molecule has 0 radical (unpaired) electrons. The van der Waals surface area contributed by atoms with Crippen molar-refractivity contribution in [3.05, 3.63) is 95.6 Å². The number of ether oxygens (including phenoxy) is 2. The lowest BCUT2D eigenvalue weighted by atomic mass is 9.71. The summed E-state index contributed by atoms with van der Waals surface area (Å²) < 4.78 is 35.2. The van der Waals surface area contributed by atoms with E-state index < -0.39 is 26.4 Å². The van der Waals surface area contributed by atoms with Gasteiger partial charge in [0.2, 0.25) is 10.0 Å². The van der Waals surface area contributed by atoms with E-state index in [9.17, 15) is 13.5 Å². The summed E-state index contributed by atoms with van der Waals surface area (Å²) in [4.78, 5) is 0. The van der Waals surface area contributed by atoms with Crippen LogP contribution in [0.15, 0.2) is 78.9 Å². The Hall–Kier alpha value is -2.91. The Bertz CT molecular complexity index is 1090. The average molecular weight is 457 g/mol. The summed E-state index contributed by atoms with van der Waals surface area (Å²) in [6.07, 6.45) is 0. The Kier molecular flexibility index (Phi) is 6.61. The molecule has 0 spiro atoms. The van der Waals surface area contributed by atoms with Gasteiger partial charge in [-0.1, -0.05) is 54.6 Å². The second kappa shape index (κ2) is 8.91. The van der Waals surface area contributed by atoms with Crippen molar-refractivity contribution < 1.29 is 23.0 Å². The molecule has 0 aliphatic rings. The number of nitrogens with two attached hydrogens (primary N) is 2. The molecule has 2 atom stereocenters. The first kappa shape index (κ1) is 23.7. The zero-order valence-corrected chi connectivity index (χ0v) is 19.0. The topological polar surface area (TPSA) is 125 Å². The van der Waals surface area contributed by atoms with E-state index >= 15 is 0 Å². The van der Waals surface area contributed by atoms with Crippen molar-refractivity contribution in [2.24, 2.45) is 10.9 Å². The first-order valence-corrected chi connectivity index (χ1v) is 11.5. The maximum Gasteiger partial charge on any atom is 0.224 e.